The van der Waals surface area contributed by atoms with Crippen LogP contribution in [-0.2, 0) is 55.4 Å². The lowest BCUT2D eigenvalue weighted by molar-refractivity contribution is -0.0497. The van der Waals surface area contributed by atoms with E-state index in [-0.39, 0.29) is 25.7 Å². The molecule has 0 aromatic heterocycles. The van der Waals surface area contributed by atoms with Crippen molar-refractivity contribution in [2.24, 2.45) is 60.5 Å². The molecule has 0 bridgehead atoms. The summed E-state index contributed by atoms with van der Waals surface area (Å²) in [7, 11) is 2.96. The maximum absolute atomic E-state index is 13.1. The molecule has 0 heterocycles. The Morgan fingerprint density at radius 2 is 0.800 bits per heavy atom. The van der Waals surface area contributed by atoms with E-state index in [1.54, 1.807) is 0 Å². The minimum absolute atomic E-state index is 0.0286. The van der Waals surface area contributed by atoms with Crippen LogP contribution in [0.3, 0.4) is 0 Å². The lowest BCUT2D eigenvalue weighted by Gasteiger charge is -2.46. The molecule has 75 heavy (non-hydrogen) atoms. The minimum Gasteiger partial charge on any atom is -0.381 e. The smallest absolute Gasteiger partial charge is 0.169 e. The van der Waals surface area contributed by atoms with Gasteiger partial charge in [0.25, 0.3) is 0 Å². The summed E-state index contributed by atoms with van der Waals surface area (Å²) < 4.78 is 55.6. The molecule has 3 spiro atoms. The number of carbonyl (C=O) groups is 1. The summed E-state index contributed by atoms with van der Waals surface area (Å²) in [5.74, 6) is 3.21. The van der Waals surface area contributed by atoms with E-state index >= 15 is 0 Å². The van der Waals surface area contributed by atoms with Gasteiger partial charge in [0.15, 0.2) is 5.78 Å². The Morgan fingerprint density at radius 1 is 0.507 bits per heavy atom. The van der Waals surface area contributed by atoms with E-state index in [4.69, 9.17) is 23.0 Å². The van der Waals surface area contributed by atoms with Gasteiger partial charge in [0.05, 0.1) is 39.2 Å². The number of ketones is 1. The van der Waals surface area contributed by atoms with E-state index in [1.807, 2.05) is 75.0 Å². The fraction of sp³-hybridized carbons (Fsp3) is 0.661. The molecule has 9 rings (SSSR count). The molecule has 3 aromatic carbocycles. The molecule has 0 unspecified atom stereocenters. The third-order valence-electron chi connectivity index (χ3n) is 18.0. The molecule has 6 aliphatic carbocycles. The topological polar surface area (TPSA) is 104 Å². The van der Waals surface area contributed by atoms with Gasteiger partial charge in [-0.3, -0.25) is 4.79 Å². The fourth-order valence-electron chi connectivity index (χ4n) is 14.8. The number of fused-ring (bicyclic) bond motifs is 3. The molecule has 0 amide bonds. The van der Waals surface area contributed by atoms with Gasteiger partial charge in [-0.1, -0.05) is 127 Å². The SMILES string of the molecule is CC[C@@H]1C[C@@]2(Cc3ccc(Br)cc3C2=N[S@@](=O)C(C)(C)C)C[C@H](C)[C@H]1OC.CC[C@@H]1C[C@@]2(Cc3ccc(Br)cc3C2=O)C[C@H](C)[C@H]1OC.CC[C@H]1C[C@]2(Cc3ccc(Br)cc3C2=N[S@@](=O)C(C)(C)C)C[C@@H](C)[C@@H]1OC. The van der Waals surface area contributed by atoms with E-state index in [0.29, 0.717) is 59.6 Å². The summed E-state index contributed by atoms with van der Waals surface area (Å²) in [6.07, 6.45) is 13.2. The monoisotopic (exact) mass is 1260 g/mol. The first-order valence-corrected chi connectivity index (χ1v) is 32.3. The van der Waals surface area contributed by atoms with E-state index in [2.05, 4.69) is 132 Å². The number of hydrogen-bond acceptors (Lipinski definition) is 6. The zero-order valence-electron chi connectivity index (χ0n) is 47.7. The number of nitrogens with zero attached hydrogens (tertiary/aromatic N) is 2. The molecule has 0 saturated heterocycles. The average Bonchev–Trinajstić information content (AvgIpc) is 3.89. The van der Waals surface area contributed by atoms with E-state index in [0.717, 1.165) is 107 Å². The van der Waals surface area contributed by atoms with Crippen LogP contribution in [0.25, 0.3) is 0 Å². The highest BCUT2D eigenvalue weighted by Gasteiger charge is 2.54. The maximum atomic E-state index is 13.1. The van der Waals surface area contributed by atoms with Crippen LogP contribution in [0.4, 0.5) is 0 Å². The number of halogens is 3. The molecule has 3 fully saturated rings. The largest absolute Gasteiger partial charge is 0.381 e. The number of ether oxygens (including phenoxy) is 3. The van der Waals surface area contributed by atoms with Crippen molar-refractivity contribution in [3.63, 3.8) is 0 Å². The van der Waals surface area contributed by atoms with Crippen molar-refractivity contribution in [1.29, 1.82) is 0 Å². The summed E-state index contributed by atoms with van der Waals surface area (Å²) in [4.78, 5) is 13.1. The first-order chi connectivity index (χ1) is 35.2. The molecule has 6 aliphatic rings. The van der Waals surface area contributed by atoms with E-state index in [1.165, 1.54) is 27.8 Å². The van der Waals surface area contributed by atoms with E-state index < -0.39 is 22.0 Å². The molecular weight excluding hydrogens is 1170 g/mol. The van der Waals surface area contributed by atoms with Crippen LogP contribution in [0, 0.1) is 51.8 Å². The summed E-state index contributed by atoms with van der Waals surface area (Å²) in [5, 5.41) is 0. The molecule has 414 valence electrons. The Morgan fingerprint density at radius 3 is 1.12 bits per heavy atom. The van der Waals surface area contributed by atoms with Gasteiger partial charge < -0.3 is 14.2 Å². The summed E-state index contributed by atoms with van der Waals surface area (Å²) >= 11 is 10.7. The number of benzene rings is 3. The Hall–Kier alpha value is -1.71. The van der Waals surface area contributed by atoms with Crippen LogP contribution in [0.1, 0.15) is 179 Å². The highest BCUT2D eigenvalue weighted by molar-refractivity contribution is 9.11. The van der Waals surface area contributed by atoms with Crippen molar-refractivity contribution < 1.29 is 27.4 Å². The molecule has 8 nitrogen and oxygen atoms in total. The molecule has 3 saturated carbocycles. The highest BCUT2D eigenvalue weighted by atomic mass is 79.9. The van der Waals surface area contributed by atoms with Crippen LogP contribution in [-0.4, -0.2) is 74.8 Å². The number of hydrogen-bond donors (Lipinski definition) is 0. The normalized spacial score (nSPS) is 33.9. The standard InChI is InChI=1S/2C22H32BrNO2S.C18H23BrO2/c2*1-7-15-12-22(11-14(2)19(15)26-6)13-16-8-9-17(23)10-18(16)20(22)24-27(25)21(3,4)5;1-4-12-9-18(8-11(2)16(12)21-3)10-13-5-6-14(19)7-15(13)17(18)20/h2*8-10,14-15,19H,7,11-13H2,1-6H3;5-7,11-12,16H,4,8-10H2,1-3H3/t14-,15+,19+,22+,27+;14-,15+,19+,22+,27-;11-,12+,16+,18+/m100/s1. The first-order valence-electron chi connectivity index (χ1n) is 27.7. The lowest BCUT2D eigenvalue weighted by Crippen LogP contribution is -2.46. The maximum Gasteiger partial charge on any atom is 0.169 e. The van der Waals surface area contributed by atoms with Crippen molar-refractivity contribution in [2.45, 2.75) is 188 Å². The molecular formula is C62H87Br3N2O6S2. The quantitative estimate of drug-likeness (QED) is 0.223. The van der Waals surface area contributed by atoms with Gasteiger partial charge in [-0.05, 0) is 188 Å². The van der Waals surface area contributed by atoms with Crippen molar-refractivity contribution in [3.05, 3.63) is 101 Å². The van der Waals surface area contributed by atoms with Crippen LogP contribution < -0.4 is 0 Å². The van der Waals surface area contributed by atoms with Crippen molar-refractivity contribution in [1.82, 2.24) is 0 Å². The molecule has 3 aromatic rings. The third-order valence-corrected chi connectivity index (χ3v) is 22.3. The number of methoxy groups -OCH3 is 3. The van der Waals surface area contributed by atoms with Gasteiger partial charge in [0.1, 0.15) is 22.0 Å². The predicted octanol–water partition coefficient (Wildman–Crippen LogP) is 16.1. The minimum atomic E-state index is -1.26. The summed E-state index contributed by atoms with van der Waals surface area (Å²) in [6.45, 7) is 25.5. The van der Waals surface area contributed by atoms with Crippen LogP contribution >= 0.6 is 47.8 Å². The molecule has 13 heteroatoms. The van der Waals surface area contributed by atoms with Crippen molar-refractivity contribution in [3.8, 4) is 0 Å². The Labute approximate surface area is 481 Å². The van der Waals surface area contributed by atoms with Gasteiger partial charge >= 0.3 is 0 Å². The van der Waals surface area contributed by atoms with Crippen molar-refractivity contribution in [2.75, 3.05) is 21.3 Å². The second kappa shape index (κ2) is 24.2. The second-order valence-corrected chi connectivity index (χ2v) is 32.0. The molecule has 14 atom stereocenters. The predicted molar refractivity (Wildman–Crippen MR) is 323 cm³/mol. The molecule has 0 radical (unpaired) electrons. The van der Waals surface area contributed by atoms with Crippen molar-refractivity contribution >= 4 is 87.0 Å². The fourth-order valence-corrected chi connectivity index (χ4v) is 17.3. The average molecular weight is 1260 g/mol. The zero-order valence-corrected chi connectivity index (χ0v) is 54.1. The van der Waals surface area contributed by atoms with Gasteiger partial charge in [-0.15, -0.1) is 0 Å². The van der Waals surface area contributed by atoms with Gasteiger partial charge in [-0.25, -0.2) is 8.42 Å². The van der Waals surface area contributed by atoms with Crippen LogP contribution in [0.15, 0.2) is 76.8 Å². The number of Topliss-reactive ketones (excluding diaryl/α,β-unsaturated/α-hetero) is 1. The number of carbonyl (C=O) groups excluding carboxylic acids is 1. The Bertz CT molecular complexity index is 2550. The van der Waals surface area contributed by atoms with Gasteiger partial charge in [0.2, 0.25) is 0 Å². The first kappa shape index (κ1) is 60.9. The summed E-state index contributed by atoms with van der Waals surface area (Å²) in [5.41, 5.74) is 9.07. The number of rotatable bonds is 8. The Balaban J connectivity index is 0.000000165. The molecule has 0 aliphatic heterocycles. The van der Waals surface area contributed by atoms with Gasteiger partial charge in [0, 0.05) is 67.7 Å². The van der Waals surface area contributed by atoms with Crippen LogP contribution in [0.5, 0.6) is 0 Å². The Kier molecular flexibility index (Phi) is 19.6. The molecule has 0 N–H and O–H groups in total. The lowest BCUT2D eigenvalue weighted by atomic mass is 9.61. The highest BCUT2D eigenvalue weighted by Crippen LogP contribution is 2.56. The summed E-state index contributed by atoms with van der Waals surface area (Å²) in [6, 6.07) is 19.1. The van der Waals surface area contributed by atoms with E-state index in [9.17, 15) is 13.2 Å². The van der Waals surface area contributed by atoms with Crippen LogP contribution in [0.2, 0.25) is 0 Å². The van der Waals surface area contributed by atoms with Gasteiger partial charge in [-0.2, -0.15) is 8.80 Å². The zero-order chi connectivity index (χ0) is 55.2. The second-order valence-electron chi connectivity index (χ2n) is 25.5. The third kappa shape index (κ3) is 12.6.